The lowest BCUT2D eigenvalue weighted by atomic mass is 10.1. The smallest absolute Gasteiger partial charge is 0.123 e. The van der Waals surface area contributed by atoms with Crippen molar-refractivity contribution in [1.29, 1.82) is 0 Å². The molecule has 0 spiro atoms. The fourth-order valence-electron chi connectivity index (χ4n) is 1.43. The minimum absolute atomic E-state index is 0.176. The van der Waals surface area contributed by atoms with Gasteiger partial charge in [-0.25, -0.2) is 9.35 Å². The number of benzene rings is 2. The molecular formula is C10H9NO2S. The Morgan fingerprint density at radius 1 is 1.07 bits per heavy atom. The summed E-state index contributed by atoms with van der Waals surface area (Å²) in [7, 11) is -1.52. The molecule has 0 aliphatic rings. The molecule has 0 amide bonds. The highest BCUT2D eigenvalue weighted by atomic mass is 32.2. The molecule has 72 valence electrons. The SMILES string of the molecule is NS(=O)c1ccc(O)c2ccccc12. The molecule has 1 unspecified atom stereocenters. The van der Waals surface area contributed by atoms with Gasteiger partial charge < -0.3 is 5.11 Å². The van der Waals surface area contributed by atoms with Crippen LogP contribution in [-0.2, 0) is 11.0 Å². The Balaban J connectivity index is 2.88. The average molecular weight is 207 g/mol. The van der Waals surface area contributed by atoms with Gasteiger partial charge >= 0.3 is 0 Å². The Morgan fingerprint density at radius 2 is 1.71 bits per heavy atom. The van der Waals surface area contributed by atoms with Crippen LogP contribution >= 0.6 is 0 Å². The van der Waals surface area contributed by atoms with E-state index in [1.807, 2.05) is 12.1 Å². The van der Waals surface area contributed by atoms with Gasteiger partial charge in [0.05, 0.1) is 4.90 Å². The molecule has 0 bridgehead atoms. The highest BCUT2D eigenvalue weighted by molar-refractivity contribution is 7.83. The van der Waals surface area contributed by atoms with E-state index in [-0.39, 0.29) is 5.75 Å². The summed E-state index contributed by atoms with van der Waals surface area (Å²) in [5, 5.41) is 16.3. The summed E-state index contributed by atoms with van der Waals surface area (Å²) < 4.78 is 11.2. The maximum Gasteiger partial charge on any atom is 0.123 e. The number of rotatable bonds is 1. The highest BCUT2D eigenvalue weighted by Gasteiger charge is 2.06. The average Bonchev–Trinajstić information content (AvgIpc) is 2.18. The Hall–Kier alpha value is -1.39. The molecular weight excluding hydrogens is 198 g/mol. The molecule has 3 nitrogen and oxygen atoms in total. The molecule has 0 saturated heterocycles. The molecule has 0 saturated carbocycles. The second-order valence-electron chi connectivity index (χ2n) is 2.93. The van der Waals surface area contributed by atoms with Crippen molar-refractivity contribution in [3.63, 3.8) is 0 Å². The first-order chi connectivity index (χ1) is 6.70. The molecule has 0 aliphatic heterocycles. The summed E-state index contributed by atoms with van der Waals surface area (Å²) in [6, 6.07) is 10.3. The third-order valence-electron chi connectivity index (χ3n) is 2.08. The van der Waals surface area contributed by atoms with Crippen LogP contribution in [0.4, 0.5) is 0 Å². The van der Waals surface area contributed by atoms with Gasteiger partial charge in [-0.3, -0.25) is 0 Å². The van der Waals surface area contributed by atoms with E-state index < -0.39 is 11.0 Å². The van der Waals surface area contributed by atoms with E-state index in [9.17, 15) is 9.32 Å². The molecule has 0 aromatic heterocycles. The first-order valence-electron chi connectivity index (χ1n) is 4.07. The standard InChI is InChI=1S/C10H9NO2S/c11-14(13)10-6-5-9(12)7-3-1-2-4-8(7)10/h1-6,12H,11H2. The number of hydrogen-bond acceptors (Lipinski definition) is 2. The zero-order valence-corrected chi connectivity index (χ0v) is 8.12. The number of phenols is 1. The predicted molar refractivity (Wildman–Crippen MR) is 56.2 cm³/mol. The molecule has 14 heavy (non-hydrogen) atoms. The van der Waals surface area contributed by atoms with Gasteiger partial charge in [0.2, 0.25) is 0 Å². The minimum Gasteiger partial charge on any atom is -0.507 e. The van der Waals surface area contributed by atoms with Gasteiger partial charge in [0.1, 0.15) is 16.7 Å². The van der Waals surface area contributed by atoms with Gasteiger partial charge in [-0.1, -0.05) is 24.3 Å². The normalized spacial score (nSPS) is 12.9. The molecule has 3 N–H and O–H groups in total. The maximum absolute atomic E-state index is 11.2. The summed E-state index contributed by atoms with van der Waals surface area (Å²) in [6.45, 7) is 0. The van der Waals surface area contributed by atoms with Gasteiger partial charge in [0.15, 0.2) is 0 Å². The van der Waals surface area contributed by atoms with Crippen LogP contribution in [0.3, 0.4) is 0 Å². The lowest BCUT2D eigenvalue weighted by Crippen LogP contribution is -2.02. The molecule has 2 rings (SSSR count). The van der Waals surface area contributed by atoms with E-state index >= 15 is 0 Å². The van der Waals surface area contributed by atoms with Crippen molar-refractivity contribution in [2.75, 3.05) is 0 Å². The number of nitrogens with two attached hydrogens (primary N) is 1. The summed E-state index contributed by atoms with van der Waals surface area (Å²) in [5.74, 6) is 0.176. The van der Waals surface area contributed by atoms with Gasteiger partial charge in [-0.15, -0.1) is 0 Å². The van der Waals surface area contributed by atoms with E-state index in [0.29, 0.717) is 10.3 Å². The van der Waals surface area contributed by atoms with Gasteiger partial charge in [0, 0.05) is 10.8 Å². The molecule has 0 radical (unpaired) electrons. The van der Waals surface area contributed by atoms with Gasteiger partial charge in [0.25, 0.3) is 0 Å². The monoisotopic (exact) mass is 207 g/mol. The number of phenolic OH excluding ortho intramolecular Hbond substituents is 1. The first kappa shape index (κ1) is 9.18. The van der Waals surface area contributed by atoms with Crippen LogP contribution in [0.25, 0.3) is 10.8 Å². The second-order valence-corrected chi connectivity index (χ2v) is 3.96. The largest absolute Gasteiger partial charge is 0.507 e. The molecule has 1 atom stereocenters. The fourth-order valence-corrected chi connectivity index (χ4v) is 2.03. The fraction of sp³-hybridized carbons (Fsp3) is 0. The molecule has 4 heteroatoms. The van der Waals surface area contributed by atoms with Crippen LogP contribution < -0.4 is 5.14 Å². The van der Waals surface area contributed by atoms with Crippen molar-refractivity contribution < 1.29 is 9.32 Å². The van der Waals surface area contributed by atoms with E-state index in [4.69, 9.17) is 5.14 Å². The first-order valence-corrected chi connectivity index (χ1v) is 5.28. The minimum atomic E-state index is -1.52. The van der Waals surface area contributed by atoms with Crippen molar-refractivity contribution in [2.45, 2.75) is 4.90 Å². The van der Waals surface area contributed by atoms with Crippen LogP contribution in [0.15, 0.2) is 41.3 Å². The predicted octanol–water partition coefficient (Wildman–Crippen LogP) is 1.53. The van der Waals surface area contributed by atoms with Crippen molar-refractivity contribution in [3.05, 3.63) is 36.4 Å². The van der Waals surface area contributed by atoms with Crippen LogP contribution in [-0.4, -0.2) is 9.32 Å². The lowest BCUT2D eigenvalue weighted by Gasteiger charge is -2.04. The Morgan fingerprint density at radius 3 is 2.36 bits per heavy atom. The summed E-state index contributed by atoms with van der Waals surface area (Å²) in [5.41, 5.74) is 0. The highest BCUT2D eigenvalue weighted by Crippen LogP contribution is 2.28. The van der Waals surface area contributed by atoms with Crippen molar-refractivity contribution >= 4 is 21.8 Å². The molecule has 0 heterocycles. The molecule has 2 aromatic rings. The van der Waals surface area contributed by atoms with Crippen molar-refractivity contribution in [3.8, 4) is 5.75 Å². The molecule has 0 aliphatic carbocycles. The zero-order valence-electron chi connectivity index (χ0n) is 7.31. The van der Waals surface area contributed by atoms with Crippen LogP contribution in [0.5, 0.6) is 5.75 Å². The van der Waals surface area contributed by atoms with Crippen LogP contribution in [0.1, 0.15) is 0 Å². The number of aromatic hydroxyl groups is 1. The Bertz CT molecular complexity index is 510. The number of fused-ring (bicyclic) bond motifs is 1. The summed E-state index contributed by atoms with van der Waals surface area (Å²) in [6.07, 6.45) is 0. The summed E-state index contributed by atoms with van der Waals surface area (Å²) >= 11 is 0. The molecule has 2 aromatic carbocycles. The maximum atomic E-state index is 11.2. The van der Waals surface area contributed by atoms with Crippen molar-refractivity contribution in [1.82, 2.24) is 0 Å². The third-order valence-corrected chi connectivity index (χ3v) is 2.87. The number of hydrogen-bond donors (Lipinski definition) is 2. The van der Waals surface area contributed by atoms with Crippen LogP contribution in [0, 0.1) is 0 Å². The topological polar surface area (TPSA) is 63.3 Å². The van der Waals surface area contributed by atoms with Gasteiger partial charge in [-0.05, 0) is 12.1 Å². The molecule has 0 fully saturated rings. The van der Waals surface area contributed by atoms with Crippen molar-refractivity contribution in [2.24, 2.45) is 5.14 Å². The van der Waals surface area contributed by atoms with E-state index in [1.165, 1.54) is 6.07 Å². The second kappa shape index (κ2) is 3.40. The zero-order chi connectivity index (χ0) is 10.1. The van der Waals surface area contributed by atoms with E-state index in [1.54, 1.807) is 18.2 Å². The third kappa shape index (κ3) is 1.38. The van der Waals surface area contributed by atoms with E-state index in [0.717, 1.165) is 5.39 Å². The van der Waals surface area contributed by atoms with Gasteiger partial charge in [-0.2, -0.15) is 0 Å². The lowest BCUT2D eigenvalue weighted by molar-refractivity contribution is 0.481. The summed E-state index contributed by atoms with van der Waals surface area (Å²) in [4.78, 5) is 0.540. The van der Waals surface area contributed by atoms with E-state index in [2.05, 4.69) is 0 Å². The quantitative estimate of drug-likeness (QED) is 0.744. The Labute approximate surface area is 83.8 Å². The Kier molecular flexibility index (Phi) is 2.23. The van der Waals surface area contributed by atoms with Crippen LogP contribution in [0.2, 0.25) is 0 Å².